The third kappa shape index (κ3) is 5.90. The number of aliphatic hydroxyl groups excluding tert-OH is 1. The van der Waals surface area contributed by atoms with E-state index in [0.717, 1.165) is 38.3 Å². The molecule has 182 valence electrons. The summed E-state index contributed by atoms with van der Waals surface area (Å²) in [7, 11) is -3.44. The summed E-state index contributed by atoms with van der Waals surface area (Å²) in [5.74, 6) is 0.0470. The molecule has 3 heterocycles. The molecule has 1 aromatic heterocycles. The topological polar surface area (TPSA) is 94.8 Å². The van der Waals surface area contributed by atoms with E-state index in [2.05, 4.69) is 20.1 Å². The molecule has 0 aliphatic carbocycles. The first-order chi connectivity index (χ1) is 15.6. The maximum atomic E-state index is 12.9. The number of benzene rings is 1. The number of piperazine rings is 1. The minimum absolute atomic E-state index is 0.0470. The van der Waals surface area contributed by atoms with E-state index in [1.54, 1.807) is 12.3 Å². The van der Waals surface area contributed by atoms with Gasteiger partial charge in [0.1, 0.15) is 0 Å². The van der Waals surface area contributed by atoms with Gasteiger partial charge in [0.25, 0.3) is 0 Å². The second kappa shape index (κ2) is 9.66. The van der Waals surface area contributed by atoms with Crippen molar-refractivity contribution in [3.8, 4) is 0 Å². The second-order valence-corrected chi connectivity index (χ2v) is 10.4. The SMILES string of the molecule is O=S1(=O)CC(N2CCN(CCO)CC2)CN1Cc1cn(Cc2cccc(C(F)(F)F)c2)nn1. The van der Waals surface area contributed by atoms with Crippen molar-refractivity contribution in [3.63, 3.8) is 0 Å². The molecule has 33 heavy (non-hydrogen) atoms. The van der Waals surface area contributed by atoms with Crippen LogP contribution in [-0.2, 0) is 29.3 Å². The zero-order valence-corrected chi connectivity index (χ0v) is 18.8. The fraction of sp³-hybridized carbons (Fsp3) is 0.600. The molecule has 2 aliphatic rings. The number of hydrogen-bond acceptors (Lipinski definition) is 7. The first kappa shape index (κ1) is 24.1. The van der Waals surface area contributed by atoms with E-state index < -0.39 is 21.8 Å². The zero-order valence-electron chi connectivity index (χ0n) is 18.0. The van der Waals surface area contributed by atoms with E-state index in [9.17, 15) is 21.6 Å². The summed E-state index contributed by atoms with van der Waals surface area (Å²) in [5.41, 5.74) is 0.140. The van der Waals surface area contributed by atoms with Crippen LogP contribution in [0.1, 0.15) is 16.8 Å². The lowest BCUT2D eigenvalue weighted by molar-refractivity contribution is -0.137. The smallest absolute Gasteiger partial charge is 0.395 e. The Morgan fingerprint density at radius 2 is 1.88 bits per heavy atom. The average molecular weight is 489 g/mol. The maximum Gasteiger partial charge on any atom is 0.416 e. The molecule has 2 fully saturated rings. The summed E-state index contributed by atoms with van der Waals surface area (Å²) in [6.07, 6.45) is -2.85. The van der Waals surface area contributed by atoms with E-state index in [4.69, 9.17) is 5.11 Å². The molecular weight excluding hydrogens is 461 g/mol. The van der Waals surface area contributed by atoms with Crippen LogP contribution in [-0.4, -0.2) is 100 Å². The van der Waals surface area contributed by atoms with Crippen molar-refractivity contribution in [1.82, 2.24) is 29.1 Å². The molecular formula is C20H27F3N6O3S. The Bertz CT molecular complexity index is 1050. The Labute approximate surface area is 190 Å². The third-order valence-corrected chi connectivity index (χ3v) is 7.94. The van der Waals surface area contributed by atoms with Crippen molar-refractivity contribution in [1.29, 1.82) is 0 Å². The lowest BCUT2D eigenvalue weighted by atomic mass is 10.1. The van der Waals surface area contributed by atoms with Crippen LogP contribution in [0.4, 0.5) is 13.2 Å². The lowest BCUT2D eigenvalue weighted by Crippen LogP contribution is -2.52. The summed E-state index contributed by atoms with van der Waals surface area (Å²) in [6.45, 7) is 4.36. The predicted octanol–water partition coefficient (Wildman–Crippen LogP) is 0.469. The Hall–Kier alpha value is -2.06. The number of alkyl halides is 3. The van der Waals surface area contributed by atoms with Gasteiger partial charge in [-0.15, -0.1) is 5.10 Å². The highest BCUT2D eigenvalue weighted by Crippen LogP contribution is 2.29. The Morgan fingerprint density at radius 1 is 1.12 bits per heavy atom. The standard InChI is InChI=1S/C20H27F3N6O3S/c21-20(22,23)17-3-1-2-16(10-17)11-28-12-18(24-25-28)13-29-14-19(15-33(29,31)32)27-6-4-26(5-7-27)8-9-30/h1-3,10,12,19,30H,4-9,11,13-15H2. The molecule has 1 unspecified atom stereocenters. The van der Waals surface area contributed by atoms with Crippen molar-refractivity contribution < 1.29 is 26.7 Å². The highest BCUT2D eigenvalue weighted by molar-refractivity contribution is 7.89. The number of rotatable bonds is 7. The molecule has 0 bridgehead atoms. The van der Waals surface area contributed by atoms with Gasteiger partial charge in [0.15, 0.2) is 0 Å². The molecule has 0 spiro atoms. The van der Waals surface area contributed by atoms with Crippen molar-refractivity contribution >= 4 is 10.0 Å². The quantitative estimate of drug-likeness (QED) is 0.606. The maximum absolute atomic E-state index is 12.9. The summed E-state index contributed by atoms with van der Waals surface area (Å²) in [5, 5.41) is 17.0. The van der Waals surface area contributed by atoms with Crippen LogP contribution in [0.2, 0.25) is 0 Å². The first-order valence-corrected chi connectivity index (χ1v) is 12.4. The first-order valence-electron chi connectivity index (χ1n) is 10.7. The molecule has 0 amide bonds. The molecule has 9 nitrogen and oxygen atoms in total. The van der Waals surface area contributed by atoms with E-state index in [-0.39, 0.29) is 31.5 Å². The molecule has 2 aliphatic heterocycles. The molecule has 1 atom stereocenters. The van der Waals surface area contributed by atoms with Crippen molar-refractivity contribution in [2.75, 3.05) is 51.6 Å². The van der Waals surface area contributed by atoms with Gasteiger partial charge in [-0.2, -0.15) is 17.5 Å². The van der Waals surface area contributed by atoms with Crippen LogP contribution in [0.25, 0.3) is 0 Å². The molecule has 2 aromatic rings. The Morgan fingerprint density at radius 3 is 2.58 bits per heavy atom. The van der Waals surface area contributed by atoms with Gasteiger partial charge in [0.2, 0.25) is 10.0 Å². The van der Waals surface area contributed by atoms with E-state index in [0.29, 0.717) is 24.3 Å². The molecule has 1 aromatic carbocycles. The molecule has 0 saturated carbocycles. The van der Waals surface area contributed by atoms with Gasteiger partial charge in [0.05, 0.1) is 42.9 Å². The number of β-amino-alcohol motifs (C(OH)–C–C–N with tert-alkyl or cyclic N) is 1. The number of halogens is 3. The minimum Gasteiger partial charge on any atom is -0.395 e. The lowest BCUT2D eigenvalue weighted by Gasteiger charge is -2.37. The predicted molar refractivity (Wildman–Crippen MR) is 114 cm³/mol. The van der Waals surface area contributed by atoms with E-state index in [1.807, 2.05) is 0 Å². The molecule has 4 rings (SSSR count). The van der Waals surface area contributed by atoms with Crippen LogP contribution < -0.4 is 0 Å². The number of hydrogen-bond donors (Lipinski definition) is 1. The van der Waals surface area contributed by atoms with Crippen LogP contribution in [0, 0.1) is 0 Å². The number of aromatic nitrogens is 3. The fourth-order valence-electron chi connectivity index (χ4n) is 4.33. The van der Waals surface area contributed by atoms with Gasteiger partial charge in [-0.1, -0.05) is 17.3 Å². The summed E-state index contributed by atoms with van der Waals surface area (Å²) in [6, 6.07) is 4.89. The van der Waals surface area contributed by atoms with Crippen molar-refractivity contribution in [3.05, 3.63) is 47.3 Å². The van der Waals surface area contributed by atoms with Gasteiger partial charge in [-0.05, 0) is 17.7 Å². The van der Waals surface area contributed by atoms with Gasteiger partial charge in [-0.3, -0.25) is 9.80 Å². The summed E-state index contributed by atoms with van der Waals surface area (Å²) >= 11 is 0. The highest BCUT2D eigenvalue weighted by Gasteiger charge is 2.40. The van der Waals surface area contributed by atoms with Gasteiger partial charge in [-0.25, -0.2) is 13.1 Å². The highest BCUT2D eigenvalue weighted by atomic mass is 32.2. The van der Waals surface area contributed by atoms with Crippen molar-refractivity contribution in [2.45, 2.75) is 25.3 Å². The van der Waals surface area contributed by atoms with Crippen LogP contribution in [0.5, 0.6) is 0 Å². The Kier molecular flexibility index (Phi) is 7.05. The molecule has 2 saturated heterocycles. The van der Waals surface area contributed by atoms with E-state index in [1.165, 1.54) is 15.1 Å². The van der Waals surface area contributed by atoms with Crippen molar-refractivity contribution in [2.24, 2.45) is 0 Å². The van der Waals surface area contributed by atoms with Gasteiger partial charge < -0.3 is 5.11 Å². The number of nitrogens with zero attached hydrogens (tertiary/aromatic N) is 6. The van der Waals surface area contributed by atoms with Crippen LogP contribution in [0.3, 0.4) is 0 Å². The summed E-state index contributed by atoms with van der Waals surface area (Å²) < 4.78 is 67.0. The number of aliphatic hydroxyl groups is 1. The second-order valence-electron chi connectivity index (χ2n) is 8.43. The Balaban J connectivity index is 1.36. The van der Waals surface area contributed by atoms with Gasteiger partial charge >= 0.3 is 6.18 Å². The average Bonchev–Trinajstić information content (AvgIpc) is 3.32. The minimum atomic E-state index is -4.42. The molecule has 0 radical (unpaired) electrons. The van der Waals surface area contributed by atoms with Gasteiger partial charge in [0, 0.05) is 45.3 Å². The molecule has 1 N–H and O–H groups in total. The third-order valence-electron chi connectivity index (χ3n) is 6.07. The molecule has 13 heteroatoms. The zero-order chi connectivity index (χ0) is 23.6. The van der Waals surface area contributed by atoms with Crippen LogP contribution >= 0.6 is 0 Å². The summed E-state index contributed by atoms with van der Waals surface area (Å²) in [4.78, 5) is 4.33. The number of sulfonamides is 1. The largest absolute Gasteiger partial charge is 0.416 e. The van der Waals surface area contributed by atoms with E-state index >= 15 is 0 Å². The normalized spacial score (nSPS) is 22.7. The fourth-order valence-corrected chi connectivity index (χ4v) is 6.07. The van der Waals surface area contributed by atoms with Crippen LogP contribution in [0.15, 0.2) is 30.5 Å². The monoisotopic (exact) mass is 488 g/mol.